The highest BCUT2D eigenvalue weighted by Gasteiger charge is 2.22. The predicted molar refractivity (Wildman–Crippen MR) is 70.9 cm³/mol. The molecule has 2 aromatic rings. The topological polar surface area (TPSA) is 26.9 Å². The van der Waals surface area contributed by atoms with E-state index in [1.54, 1.807) is 10.7 Å². The third-order valence-corrected chi connectivity index (χ3v) is 4.10. The van der Waals surface area contributed by atoms with Gasteiger partial charge >= 0.3 is 0 Å². The van der Waals surface area contributed by atoms with Gasteiger partial charge in [-0.15, -0.1) is 0 Å². The number of para-hydroxylation sites is 1. The number of rotatable bonds is 1. The number of nitrogens with zero attached hydrogens (tertiary/aromatic N) is 2. The van der Waals surface area contributed by atoms with Crippen molar-refractivity contribution in [1.82, 2.24) is 9.36 Å². The Hall–Kier alpha value is -1.29. The maximum atomic E-state index is 12.1. The van der Waals surface area contributed by atoms with E-state index in [4.69, 9.17) is 0 Å². The van der Waals surface area contributed by atoms with Gasteiger partial charge in [-0.1, -0.05) is 34.1 Å². The number of halogens is 1. The molecule has 1 unspecified atom stereocenters. The highest BCUT2D eigenvalue weighted by Crippen LogP contribution is 2.31. The van der Waals surface area contributed by atoms with Crippen molar-refractivity contribution >= 4 is 15.9 Å². The van der Waals surface area contributed by atoms with Gasteiger partial charge in [0, 0.05) is 12.6 Å². The summed E-state index contributed by atoms with van der Waals surface area (Å²) in [5.41, 5.74) is 2.08. The first kappa shape index (κ1) is 10.8. The summed E-state index contributed by atoms with van der Waals surface area (Å²) >= 11 is 3.63. The van der Waals surface area contributed by atoms with E-state index >= 15 is 0 Å². The van der Waals surface area contributed by atoms with Gasteiger partial charge in [-0.05, 0) is 25.0 Å². The molecule has 3 nitrogen and oxygen atoms in total. The summed E-state index contributed by atoms with van der Waals surface area (Å²) in [6.45, 7) is 0.911. The van der Waals surface area contributed by atoms with Crippen LogP contribution in [-0.2, 0) is 6.54 Å². The fourth-order valence-corrected chi connectivity index (χ4v) is 3.07. The third-order valence-electron chi connectivity index (χ3n) is 3.17. The summed E-state index contributed by atoms with van der Waals surface area (Å²) in [6.07, 6.45) is 2.20. The van der Waals surface area contributed by atoms with Crippen LogP contribution >= 0.6 is 15.9 Å². The second-order valence-corrected chi connectivity index (χ2v) is 5.39. The lowest BCUT2D eigenvalue weighted by molar-refractivity contribution is 0.446. The van der Waals surface area contributed by atoms with Crippen LogP contribution in [0, 0.1) is 0 Å². The molecule has 2 heterocycles. The zero-order chi connectivity index (χ0) is 11.8. The lowest BCUT2D eigenvalue weighted by Gasteiger charge is -2.22. The number of alkyl halides is 1. The van der Waals surface area contributed by atoms with E-state index in [1.807, 2.05) is 30.3 Å². The largest absolute Gasteiger partial charge is 0.281 e. The maximum Gasteiger partial charge on any atom is 0.271 e. The number of hydrogen-bond donors (Lipinski definition) is 0. The minimum Gasteiger partial charge on any atom is -0.281 e. The van der Waals surface area contributed by atoms with Crippen molar-refractivity contribution in [3.8, 4) is 5.69 Å². The van der Waals surface area contributed by atoms with Crippen LogP contribution in [0.25, 0.3) is 5.69 Å². The second kappa shape index (κ2) is 4.18. The van der Waals surface area contributed by atoms with Crippen LogP contribution in [-0.4, -0.2) is 9.36 Å². The van der Waals surface area contributed by atoms with Crippen LogP contribution in [0.2, 0.25) is 0 Å². The molecule has 0 fully saturated rings. The van der Waals surface area contributed by atoms with Crippen LogP contribution in [0.5, 0.6) is 0 Å². The Labute approximate surface area is 108 Å². The zero-order valence-electron chi connectivity index (χ0n) is 9.34. The van der Waals surface area contributed by atoms with E-state index < -0.39 is 0 Å². The second-order valence-electron chi connectivity index (χ2n) is 4.29. The molecular formula is C13H13BrN2O. The summed E-state index contributed by atoms with van der Waals surface area (Å²) in [5, 5.41) is 0. The lowest BCUT2D eigenvalue weighted by Crippen LogP contribution is -2.23. The monoisotopic (exact) mass is 292 g/mol. The zero-order valence-corrected chi connectivity index (χ0v) is 10.9. The molecule has 1 aromatic heterocycles. The number of hydrogen-bond acceptors (Lipinski definition) is 1. The molecule has 0 aliphatic carbocycles. The van der Waals surface area contributed by atoms with Crippen molar-refractivity contribution in [2.75, 3.05) is 0 Å². The molecule has 0 spiro atoms. The smallest absolute Gasteiger partial charge is 0.271 e. The van der Waals surface area contributed by atoms with E-state index in [-0.39, 0.29) is 5.56 Å². The lowest BCUT2D eigenvalue weighted by atomic mass is 10.1. The van der Waals surface area contributed by atoms with E-state index in [0.29, 0.717) is 4.83 Å². The van der Waals surface area contributed by atoms with Gasteiger partial charge in [-0.3, -0.25) is 9.48 Å². The van der Waals surface area contributed by atoms with Crippen LogP contribution < -0.4 is 5.56 Å². The first-order valence-corrected chi connectivity index (χ1v) is 6.71. The van der Waals surface area contributed by atoms with Gasteiger partial charge in [-0.2, -0.15) is 0 Å². The van der Waals surface area contributed by atoms with Crippen molar-refractivity contribution < 1.29 is 0 Å². The summed E-state index contributed by atoms with van der Waals surface area (Å²) in [6, 6.07) is 11.5. The highest BCUT2D eigenvalue weighted by atomic mass is 79.9. The molecule has 3 rings (SSSR count). The Morgan fingerprint density at radius 3 is 2.76 bits per heavy atom. The molecule has 17 heavy (non-hydrogen) atoms. The van der Waals surface area contributed by atoms with Gasteiger partial charge in [0.2, 0.25) is 0 Å². The molecule has 1 aromatic carbocycles. The quantitative estimate of drug-likeness (QED) is 0.743. The predicted octanol–water partition coefficient (Wildman–Crippen LogP) is 2.87. The summed E-state index contributed by atoms with van der Waals surface area (Å²) in [4.78, 5) is 12.4. The fraction of sp³-hybridized carbons (Fsp3) is 0.308. The van der Waals surface area contributed by atoms with Crippen molar-refractivity contribution in [1.29, 1.82) is 0 Å². The fourth-order valence-electron chi connectivity index (χ4n) is 2.38. The van der Waals surface area contributed by atoms with Crippen LogP contribution in [0.4, 0.5) is 0 Å². The molecule has 0 amide bonds. The number of benzene rings is 1. The Balaban J connectivity index is 2.22. The average molecular weight is 293 g/mol. The van der Waals surface area contributed by atoms with Gasteiger partial charge < -0.3 is 0 Å². The van der Waals surface area contributed by atoms with Crippen LogP contribution in [0.15, 0.2) is 41.2 Å². The highest BCUT2D eigenvalue weighted by molar-refractivity contribution is 9.09. The van der Waals surface area contributed by atoms with Crippen molar-refractivity contribution in [3.63, 3.8) is 0 Å². The van der Waals surface area contributed by atoms with E-state index in [1.165, 1.54) is 0 Å². The molecule has 0 N–H and O–H groups in total. The minimum absolute atomic E-state index is 0.0533. The molecule has 1 aliphatic rings. The SMILES string of the molecule is O=c1cc2n(n1-c1ccccc1)CCCC2Br. The first-order chi connectivity index (χ1) is 8.27. The van der Waals surface area contributed by atoms with Crippen molar-refractivity contribution in [2.45, 2.75) is 24.2 Å². The van der Waals surface area contributed by atoms with Crippen LogP contribution in [0.1, 0.15) is 23.4 Å². The van der Waals surface area contributed by atoms with E-state index in [0.717, 1.165) is 30.8 Å². The number of fused-ring (bicyclic) bond motifs is 1. The molecule has 1 atom stereocenters. The Bertz CT molecular complexity index is 585. The molecule has 0 saturated heterocycles. The average Bonchev–Trinajstić information content (AvgIpc) is 2.68. The summed E-state index contributed by atoms with van der Waals surface area (Å²) in [7, 11) is 0. The third kappa shape index (κ3) is 1.76. The van der Waals surface area contributed by atoms with Crippen LogP contribution in [0.3, 0.4) is 0 Å². The Morgan fingerprint density at radius 1 is 1.24 bits per heavy atom. The van der Waals surface area contributed by atoms with Crippen molar-refractivity contribution in [2.24, 2.45) is 0 Å². The molecular weight excluding hydrogens is 280 g/mol. The number of aromatic nitrogens is 2. The molecule has 4 heteroatoms. The van der Waals surface area contributed by atoms with Gasteiger partial charge in [-0.25, -0.2) is 4.68 Å². The van der Waals surface area contributed by atoms with Gasteiger partial charge in [0.25, 0.3) is 5.56 Å². The minimum atomic E-state index is 0.0533. The van der Waals surface area contributed by atoms with Gasteiger partial charge in [0.15, 0.2) is 0 Å². The summed E-state index contributed by atoms with van der Waals surface area (Å²) < 4.78 is 3.85. The summed E-state index contributed by atoms with van der Waals surface area (Å²) in [5.74, 6) is 0. The van der Waals surface area contributed by atoms with Gasteiger partial charge in [0.1, 0.15) is 0 Å². The van der Waals surface area contributed by atoms with Crippen molar-refractivity contribution in [3.05, 3.63) is 52.4 Å². The molecule has 0 saturated carbocycles. The van der Waals surface area contributed by atoms with Gasteiger partial charge in [0.05, 0.1) is 16.2 Å². The first-order valence-electron chi connectivity index (χ1n) is 5.79. The molecule has 0 radical (unpaired) electrons. The molecule has 1 aliphatic heterocycles. The van der Waals surface area contributed by atoms with E-state index in [2.05, 4.69) is 20.6 Å². The maximum absolute atomic E-state index is 12.1. The van der Waals surface area contributed by atoms with E-state index in [9.17, 15) is 4.79 Å². The Morgan fingerprint density at radius 2 is 2.00 bits per heavy atom. The standard InChI is InChI=1S/C13H13BrN2O/c14-11-7-4-8-15-12(11)9-13(17)16(15)10-5-2-1-3-6-10/h1-3,5-6,9,11H,4,7-8H2. The molecule has 88 valence electrons. The Kier molecular flexibility index (Phi) is 2.67. The normalized spacial score (nSPS) is 19.0. The molecule has 0 bridgehead atoms.